The van der Waals surface area contributed by atoms with Crippen molar-refractivity contribution in [2.75, 3.05) is 13.2 Å². The molecule has 5 nitrogen and oxygen atoms in total. The molecular formula is C20H25N3O2. The summed E-state index contributed by atoms with van der Waals surface area (Å²) in [4.78, 5) is 16.6. The van der Waals surface area contributed by atoms with E-state index in [0.717, 1.165) is 24.1 Å². The molecule has 132 valence electrons. The number of nitrogens with zero attached hydrogens (tertiary/aromatic N) is 1. The van der Waals surface area contributed by atoms with Crippen LogP contribution in [0.3, 0.4) is 0 Å². The molecule has 2 aromatic rings. The number of aliphatic hydroxyl groups excluding tert-OH is 1. The van der Waals surface area contributed by atoms with E-state index in [1.807, 2.05) is 36.4 Å². The molecule has 0 bridgehead atoms. The van der Waals surface area contributed by atoms with Crippen LogP contribution in [-0.4, -0.2) is 29.3 Å². The summed E-state index contributed by atoms with van der Waals surface area (Å²) in [6, 6.07) is 15.7. The van der Waals surface area contributed by atoms with Gasteiger partial charge in [-0.2, -0.15) is 0 Å². The lowest BCUT2D eigenvalue weighted by Crippen LogP contribution is -2.41. The molecule has 25 heavy (non-hydrogen) atoms. The predicted molar refractivity (Wildman–Crippen MR) is 97.0 cm³/mol. The van der Waals surface area contributed by atoms with Gasteiger partial charge < -0.3 is 15.7 Å². The molecule has 0 spiro atoms. The topological polar surface area (TPSA) is 74.2 Å². The summed E-state index contributed by atoms with van der Waals surface area (Å²) >= 11 is 0. The number of urea groups is 1. The monoisotopic (exact) mass is 339 g/mol. The summed E-state index contributed by atoms with van der Waals surface area (Å²) in [5.74, 6) is 0.479. The molecule has 0 radical (unpaired) electrons. The van der Waals surface area contributed by atoms with Gasteiger partial charge in [0, 0.05) is 31.0 Å². The first kappa shape index (κ1) is 17.4. The second kappa shape index (κ2) is 8.62. The molecule has 3 rings (SSSR count). The first-order valence-corrected chi connectivity index (χ1v) is 8.86. The molecule has 1 aliphatic carbocycles. The van der Waals surface area contributed by atoms with Crippen LogP contribution in [0.25, 0.3) is 0 Å². The van der Waals surface area contributed by atoms with Crippen LogP contribution in [0.15, 0.2) is 54.7 Å². The minimum atomic E-state index is -0.180. The van der Waals surface area contributed by atoms with Crippen molar-refractivity contribution >= 4 is 6.03 Å². The standard InChI is InChI=1S/C20H25N3O2/c24-14-15(12-18-8-4-5-11-21-18)13-22-20(25)23-19(17-9-10-17)16-6-2-1-3-7-16/h1-8,11,15,17,19,24H,9-10,12-14H2,(H2,22,23,25). The molecule has 2 amide bonds. The lowest BCUT2D eigenvalue weighted by atomic mass is 10.0. The Kier molecular flexibility index (Phi) is 6.01. The van der Waals surface area contributed by atoms with Gasteiger partial charge in [-0.05, 0) is 42.9 Å². The molecule has 1 aromatic heterocycles. The van der Waals surface area contributed by atoms with E-state index in [1.54, 1.807) is 6.20 Å². The van der Waals surface area contributed by atoms with E-state index in [0.29, 0.717) is 18.9 Å². The third-order valence-corrected chi connectivity index (χ3v) is 4.57. The summed E-state index contributed by atoms with van der Waals surface area (Å²) in [6.07, 6.45) is 4.68. The minimum absolute atomic E-state index is 0.0155. The van der Waals surface area contributed by atoms with Gasteiger partial charge in [0.1, 0.15) is 0 Å². The highest BCUT2D eigenvalue weighted by Crippen LogP contribution is 2.40. The minimum Gasteiger partial charge on any atom is -0.396 e. The smallest absolute Gasteiger partial charge is 0.315 e. The van der Waals surface area contributed by atoms with Crippen molar-refractivity contribution in [1.82, 2.24) is 15.6 Å². The van der Waals surface area contributed by atoms with E-state index >= 15 is 0 Å². The maximum absolute atomic E-state index is 12.3. The molecule has 1 heterocycles. The number of aromatic nitrogens is 1. The van der Waals surface area contributed by atoms with E-state index in [-0.39, 0.29) is 24.6 Å². The SMILES string of the molecule is O=C(NCC(CO)Cc1ccccn1)NC(c1ccccc1)C1CC1. The summed E-state index contributed by atoms with van der Waals surface area (Å²) in [6.45, 7) is 0.437. The van der Waals surface area contributed by atoms with Gasteiger partial charge in [0.2, 0.25) is 0 Å². The number of pyridine rings is 1. The van der Waals surface area contributed by atoms with Crippen molar-refractivity contribution < 1.29 is 9.90 Å². The van der Waals surface area contributed by atoms with Crippen LogP contribution in [0.2, 0.25) is 0 Å². The highest BCUT2D eigenvalue weighted by Gasteiger charge is 2.33. The van der Waals surface area contributed by atoms with Crippen molar-refractivity contribution in [2.24, 2.45) is 11.8 Å². The quantitative estimate of drug-likeness (QED) is 0.692. The fraction of sp³-hybridized carbons (Fsp3) is 0.400. The number of amides is 2. The number of rotatable bonds is 8. The summed E-state index contributed by atoms with van der Waals surface area (Å²) in [5.41, 5.74) is 2.07. The van der Waals surface area contributed by atoms with Gasteiger partial charge in [-0.1, -0.05) is 36.4 Å². The maximum Gasteiger partial charge on any atom is 0.315 e. The third-order valence-electron chi connectivity index (χ3n) is 4.57. The molecule has 2 atom stereocenters. The van der Waals surface area contributed by atoms with E-state index < -0.39 is 0 Å². The zero-order chi connectivity index (χ0) is 17.5. The Morgan fingerprint density at radius 1 is 1.16 bits per heavy atom. The van der Waals surface area contributed by atoms with Gasteiger partial charge >= 0.3 is 6.03 Å². The molecular weight excluding hydrogens is 314 g/mol. The number of hydrogen-bond acceptors (Lipinski definition) is 3. The van der Waals surface area contributed by atoms with Crippen LogP contribution in [0.5, 0.6) is 0 Å². The van der Waals surface area contributed by atoms with Gasteiger partial charge in [-0.3, -0.25) is 4.98 Å². The molecule has 0 aliphatic heterocycles. The average molecular weight is 339 g/mol. The largest absolute Gasteiger partial charge is 0.396 e. The molecule has 1 saturated carbocycles. The van der Waals surface area contributed by atoms with Crippen molar-refractivity contribution in [2.45, 2.75) is 25.3 Å². The van der Waals surface area contributed by atoms with Gasteiger partial charge in [0.15, 0.2) is 0 Å². The molecule has 1 aromatic carbocycles. The number of benzene rings is 1. The lowest BCUT2D eigenvalue weighted by Gasteiger charge is -2.20. The maximum atomic E-state index is 12.3. The van der Waals surface area contributed by atoms with E-state index in [4.69, 9.17) is 0 Å². The number of hydrogen-bond donors (Lipinski definition) is 3. The number of aliphatic hydroxyl groups is 1. The van der Waals surface area contributed by atoms with Crippen LogP contribution in [-0.2, 0) is 6.42 Å². The Morgan fingerprint density at radius 3 is 2.56 bits per heavy atom. The summed E-state index contributed by atoms with van der Waals surface area (Å²) in [7, 11) is 0. The molecule has 1 fully saturated rings. The van der Waals surface area contributed by atoms with Crippen LogP contribution in [0, 0.1) is 11.8 Å². The molecule has 0 saturated heterocycles. The van der Waals surface area contributed by atoms with E-state index in [9.17, 15) is 9.90 Å². The predicted octanol–water partition coefficient (Wildman–Crippen LogP) is 2.68. The zero-order valence-corrected chi connectivity index (χ0v) is 14.3. The second-order valence-electron chi connectivity index (χ2n) is 6.65. The fourth-order valence-corrected chi connectivity index (χ4v) is 3.01. The van der Waals surface area contributed by atoms with Crippen LogP contribution in [0.4, 0.5) is 4.79 Å². The lowest BCUT2D eigenvalue weighted by molar-refractivity contribution is 0.211. The highest BCUT2D eigenvalue weighted by molar-refractivity contribution is 5.74. The summed E-state index contributed by atoms with van der Waals surface area (Å²) < 4.78 is 0. The summed E-state index contributed by atoms with van der Waals surface area (Å²) in [5, 5.41) is 15.5. The number of nitrogens with one attached hydrogen (secondary N) is 2. The first-order valence-electron chi connectivity index (χ1n) is 8.86. The zero-order valence-electron chi connectivity index (χ0n) is 14.3. The average Bonchev–Trinajstić information content (AvgIpc) is 3.49. The van der Waals surface area contributed by atoms with Crippen LogP contribution < -0.4 is 10.6 Å². The Bertz CT molecular complexity index is 659. The van der Waals surface area contributed by atoms with Gasteiger partial charge in [0.05, 0.1) is 6.04 Å². The number of carbonyl (C=O) groups excluding carboxylic acids is 1. The third kappa shape index (κ3) is 5.29. The second-order valence-corrected chi connectivity index (χ2v) is 6.65. The van der Waals surface area contributed by atoms with Gasteiger partial charge in [0.25, 0.3) is 0 Å². The van der Waals surface area contributed by atoms with Gasteiger partial charge in [-0.15, -0.1) is 0 Å². The Labute approximate surface area is 148 Å². The Balaban J connectivity index is 1.51. The van der Waals surface area contributed by atoms with E-state index in [1.165, 1.54) is 0 Å². The fourth-order valence-electron chi connectivity index (χ4n) is 3.01. The van der Waals surface area contributed by atoms with E-state index in [2.05, 4.69) is 27.8 Å². The Morgan fingerprint density at radius 2 is 1.92 bits per heavy atom. The number of carbonyl (C=O) groups is 1. The first-order chi connectivity index (χ1) is 12.3. The van der Waals surface area contributed by atoms with Crippen molar-refractivity contribution in [3.05, 3.63) is 66.0 Å². The molecule has 2 unspecified atom stereocenters. The van der Waals surface area contributed by atoms with Crippen LogP contribution >= 0.6 is 0 Å². The van der Waals surface area contributed by atoms with Crippen LogP contribution in [0.1, 0.15) is 30.1 Å². The highest BCUT2D eigenvalue weighted by atomic mass is 16.3. The normalized spacial score (nSPS) is 16.0. The molecule has 5 heteroatoms. The molecule has 3 N–H and O–H groups in total. The van der Waals surface area contributed by atoms with Gasteiger partial charge in [-0.25, -0.2) is 4.79 Å². The van der Waals surface area contributed by atoms with Crippen molar-refractivity contribution in [3.63, 3.8) is 0 Å². The van der Waals surface area contributed by atoms with Crippen molar-refractivity contribution in [3.8, 4) is 0 Å². The van der Waals surface area contributed by atoms with Crippen molar-refractivity contribution in [1.29, 1.82) is 0 Å². The molecule has 1 aliphatic rings. The Hall–Kier alpha value is -2.40.